The first-order valence-electron chi connectivity index (χ1n) is 9.67. The van der Waals surface area contributed by atoms with Crippen molar-refractivity contribution in [1.82, 2.24) is 0 Å². The lowest BCUT2D eigenvalue weighted by Gasteiger charge is -2.16. The number of ketones is 1. The van der Waals surface area contributed by atoms with Crippen molar-refractivity contribution >= 4 is 11.8 Å². The number of Topliss-reactive ketones (excluding diaryl/α,β-unsaturated/α-hetero) is 1. The average Bonchev–Trinajstić information content (AvgIpc) is 3.08. The maximum atomic E-state index is 12.4. The molecule has 1 saturated carbocycles. The van der Waals surface area contributed by atoms with Crippen molar-refractivity contribution in [2.24, 2.45) is 17.3 Å². The summed E-state index contributed by atoms with van der Waals surface area (Å²) in [7, 11) is 1.60. The minimum absolute atomic E-state index is 0.0657. The Balaban J connectivity index is 2.05. The van der Waals surface area contributed by atoms with Gasteiger partial charge in [-0.05, 0) is 54.2 Å². The molecule has 1 aromatic rings. The monoisotopic (exact) mass is 383 g/mol. The van der Waals surface area contributed by atoms with Crippen molar-refractivity contribution in [2.75, 3.05) is 7.11 Å². The Hall–Kier alpha value is -2.61. The van der Waals surface area contributed by atoms with Gasteiger partial charge in [-0.1, -0.05) is 39.0 Å². The maximum Gasteiger partial charge on any atom is 0.307 e. The molecule has 28 heavy (non-hydrogen) atoms. The Morgan fingerprint density at radius 3 is 2.39 bits per heavy atom. The number of carboxylic acids is 1. The molecule has 0 amide bonds. The number of methoxy groups -OCH3 is 1. The molecule has 0 saturated heterocycles. The SMILES string of the molecule is COc1ccc([C@@H]2CC(CCC(=O)/C(C#N)=C/C(C)(C)C)C[C@H]2C(=O)O)cc1. The first-order chi connectivity index (χ1) is 13.1. The number of hydrogen-bond donors (Lipinski definition) is 1. The minimum Gasteiger partial charge on any atom is -0.497 e. The Labute approximate surface area is 167 Å². The Morgan fingerprint density at radius 2 is 1.89 bits per heavy atom. The number of carbonyl (C=O) groups is 2. The third kappa shape index (κ3) is 5.69. The maximum absolute atomic E-state index is 12.4. The van der Waals surface area contributed by atoms with E-state index < -0.39 is 11.9 Å². The second kappa shape index (κ2) is 9.05. The molecule has 5 nitrogen and oxygen atoms in total. The second-order valence-electron chi connectivity index (χ2n) is 8.66. The van der Waals surface area contributed by atoms with Crippen LogP contribution >= 0.6 is 0 Å². The molecule has 3 atom stereocenters. The molecular formula is C23H29NO4. The van der Waals surface area contributed by atoms with Crippen LogP contribution in [0.5, 0.6) is 5.75 Å². The first kappa shape index (κ1) is 21.7. The number of aliphatic carboxylic acids is 1. The fourth-order valence-corrected chi connectivity index (χ4v) is 3.95. The molecule has 1 unspecified atom stereocenters. The van der Waals surface area contributed by atoms with E-state index in [1.54, 1.807) is 13.2 Å². The molecule has 5 heteroatoms. The summed E-state index contributed by atoms with van der Waals surface area (Å²) in [6.45, 7) is 5.85. The van der Waals surface area contributed by atoms with Gasteiger partial charge in [0.25, 0.3) is 0 Å². The van der Waals surface area contributed by atoms with E-state index in [9.17, 15) is 20.0 Å². The number of allylic oxidation sites excluding steroid dienone is 2. The fraction of sp³-hybridized carbons (Fsp3) is 0.522. The van der Waals surface area contributed by atoms with E-state index in [0.717, 1.165) is 17.7 Å². The smallest absolute Gasteiger partial charge is 0.307 e. The zero-order chi connectivity index (χ0) is 20.9. The number of rotatable bonds is 7. The summed E-state index contributed by atoms with van der Waals surface area (Å²) in [5.74, 6) is -0.563. The zero-order valence-corrected chi connectivity index (χ0v) is 17.1. The van der Waals surface area contributed by atoms with Crippen molar-refractivity contribution in [3.63, 3.8) is 0 Å². The van der Waals surface area contributed by atoms with E-state index in [0.29, 0.717) is 12.8 Å². The highest BCUT2D eigenvalue weighted by molar-refractivity contribution is 5.99. The van der Waals surface area contributed by atoms with Crippen LogP contribution in [-0.2, 0) is 9.59 Å². The van der Waals surface area contributed by atoms with E-state index in [1.807, 2.05) is 51.1 Å². The molecule has 150 valence electrons. The number of carboxylic acid groups (broad SMARTS) is 1. The number of nitriles is 1. The number of ether oxygens (including phenoxy) is 1. The topological polar surface area (TPSA) is 87.4 Å². The summed E-state index contributed by atoms with van der Waals surface area (Å²) in [6, 6.07) is 9.56. The molecule has 1 aliphatic rings. The molecule has 0 aliphatic heterocycles. The summed E-state index contributed by atoms with van der Waals surface area (Å²) in [5, 5.41) is 18.9. The van der Waals surface area contributed by atoms with Gasteiger partial charge in [0.05, 0.1) is 18.6 Å². The zero-order valence-electron chi connectivity index (χ0n) is 17.1. The molecule has 0 heterocycles. The highest BCUT2D eigenvalue weighted by Crippen LogP contribution is 2.45. The summed E-state index contributed by atoms with van der Waals surface area (Å²) in [4.78, 5) is 24.2. The Morgan fingerprint density at radius 1 is 1.25 bits per heavy atom. The predicted molar refractivity (Wildman–Crippen MR) is 107 cm³/mol. The lowest BCUT2D eigenvalue weighted by molar-refractivity contribution is -0.142. The van der Waals surface area contributed by atoms with Crippen molar-refractivity contribution in [1.29, 1.82) is 5.26 Å². The Bertz CT molecular complexity index is 780. The Kier molecular flexibility index (Phi) is 7.01. The van der Waals surface area contributed by atoms with Crippen molar-refractivity contribution in [2.45, 2.75) is 52.4 Å². The van der Waals surface area contributed by atoms with Crippen molar-refractivity contribution in [3.05, 3.63) is 41.5 Å². The molecule has 2 rings (SSSR count). The van der Waals surface area contributed by atoms with Gasteiger partial charge in [-0.25, -0.2) is 0 Å². The molecule has 1 aromatic carbocycles. The number of benzene rings is 1. The quantitative estimate of drug-likeness (QED) is 0.543. The van der Waals surface area contributed by atoms with Gasteiger partial charge in [-0.3, -0.25) is 9.59 Å². The van der Waals surface area contributed by atoms with Crippen LogP contribution in [0.4, 0.5) is 0 Å². The lowest BCUT2D eigenvalue weighted by atomic mass is 9.89. The average molecular weight is 383 g/mol. The van der Waals surface area contributed by atoms with Crippen LogP contribution in [0.2, 0.25) is 0 Å². The van der Waals surface area contributed by atoms with Gasteiger partial charge in [0.2, 0.25) is 0 Å². The van der Waals surface area contributed by atoms with Crippen LogP contribution in [0.1, 0.15) is 57.9 Å². The van der Waals surface area contributed by atoms with Crippen LogP contribution < -0.4 is 4.74 Å². The van der Waals surface area contributed by atoms with Gasteiger partial charge in [0.15, 0.2) is 5.78 Å². The third-order valence-corrected chi connectivity index (χ3v) is 5.30. The van der Waals surface area contributed by atoms with E-state index in [1.165, 1.54) is 0 Å². The number of carbonyl (C=O) groups excluding carboxylic acids is 1. The van der Waals surface area contributed by atoms with Gasteiger partial charge in [-0.2, -0.15) is 5.26 Å². The fourth-order valence-electron chi connectivity index (χ4n) is 3.95. The number of hydrogen-bond acceptors (Lipinski definition) is 4. The third-order valence-electron chi connectivity index (χ3n) is 5.30. The predicted octanol–water partition coefficient (Wildman–Crippen LogP) is 4.73. The molecule has 1 fully saturated rings. The summed E-state index contributed by atoms with van der Waals surface area (Å²) in [6.07, 6.45) is 3.90. The molecular weight excluding hydrogens is 354 g/mol. The summed E-state index contributed by atoms with van der Waals surface area (Å²) >= 11 is 0. The molecule has 1 aliphatic carbocycles. The largest absolute Gasteiger partial charge is 0.497 e. The normalized spacial score (nSPS) is 22.5. The highest BCUT2D eigenvalue weighted by atomic mass is 16.5. The van der Waals surface area contributed by atoms with Gasteiger partial charge >= 0.3 is 5.97 Å². The van der Waals surface area contributed by atoms with Crippen LogP contribution in [0.3, 0.4) is 0 Å². The second-order valence-corrected chi connectivity index (χ2v) is 8.66. The van der Waals surface area contributed by atoms with Crippen LogP contribution in [-0.4, -0.2) is 24.0 Å². The van der Waals surface area contributed by atoms with Crippen LogP contribution in [0.15, 0.2) is 35.9 Å². The van der Waals surface area contributed by atoms with Gasteiger partial charge in [0.1, 0.15) is 11.8 Å². The minimum atomic E-state index is -0.792. The van der Waals surface area contributed by atoms with E-state index in [4.69, 9.17) is 4.74 Å². The standard InChI is InChI=1S/C23H29NO4/c1-23(2,3)13-17(14-24)21(25)10-5-15-11-19(20(12-15)22(26)27)16-6-8-18(28-4)9-7-16/h6-9,13,15,19-20H,5,10-12H2,1-4H3,(H,26,27)/b17-13+/t15?,19-,20+/m0/s1. The van der Waals surface area contributed by atoms with E-state index >= 15 is 0 Å². The van der Waals surface area contributed by atoms with Crippen LogP contribution in [0.25, 0.3) is 0 Å². The molecule has 0 aromatic heterocycles. The van der Waals surface area contributed by atoms with Crippen LogP contribution in [0, 0.1) is 28.6 Å². The number of nitrogens with zero attached hydrogens (tertiary/aromatic N) is 1. The lowest BCUT2D eigenvalue weighted by Crippen LogP contribution is -2.16. The van der Waals surface area contributed by atoms with Crippen molar-refractivity contribution < 1.29 is 19.4 Å². The van der Waals surface area contributed by atoms with E-state index in [2.05, 4.69) is 0 Å². The summed E-state index contributed by atoms with van der Waals surface area (Å²) < 4.78 is 5.17. The van der Waals surface area contributed by atoms with E-state index in [-0.39, 0.29) is 35.0 Å². The molecule has 0 bridgehead atoms. The highest BCUT2D eigenvalue weighted by Gasteiger charge is 2.39. The van der Waals surface area contributed by atoms with Crippen molar-refractivity contribution in [3.8, 4) is 11.8 Å². The first-order valence-corrected chi connectivity index (χ1v) is 9.67. The molecule has 1 N–H and O–H groups in total. The van der Waals surface area contributed by atoms with Gasteiger partial charge in [-0.15, -0.1) is 0 Å². The van der Waals surface area contributed by atoms with Gasteiger partial charge < -0.3 is 9.84 Å². The molecule has 0 radical (unpaired) electrons. The molecule has 0 spiro atoms. The van der Waals surface area contributed by atoms with Gasteiger partial charge in [0, 0.05) is 6.42 Å². The summed E-state index contributed by atoms with van der Waals surface area (Å²) in [5.41, 5.74) is 0.960.